The van der Waals surface area contributed by atoms with Gasteiger partial charge in [0.2, 0.25) is 0 Å². The molecular formula is C12H14FN. The molecule has 1 nitrogen and oxygen atoms in total. The molecular weight excluding hydrogens is 177 g/mol. The molecule has 0 fully saturated rings. The molecule has 2 rings (SSSR count). The number of hydrogen-bond acceptors (Lipinski definition) is 1. The van der Waals surface area contributed by atoms with Gasteiger partial charge in [-0.15, -0.1) is 0 Å². The predicted molar refractivity (Wildman–Crippen MR) is 56.4 cm³/mol. The molecule has 0 heterocycles. The van der Waals surface area contributed by atoms with Gasteiger partial charge in [-0.3, -0.25) is 0 Å². The molecule has 1 aliphatic carbocycles. The molecule has 0 saturated heterocycles. The summed E-state index contributed by atoms with van der Waals surface area (Å²) in [6, 6.07) is 5.28. The zero-order chi connectivity index (χ0) is 9.97. The number of halogens is 1. The van der Waals surface area contributed by atoms with Crippen molar-refractivity contribution < 1.29 is 4.39 Å². The fourth-order valence-electron chi connectivity index (χ4n) is 1.92. The lowest BCUT2D eigenvalue weighted by Gasteiger charge is -2.16. The molecule has 0 unspecified atom stereocenters. The number of fused-ring (bicyclic) bond motifs is 1. The predicted octanol–water partition coefficient (Wildman–Crippen LogP) is 2.50. The summed E-state index contributed by atoms with van der Waals surface area (Å²) >= 11 is 0. The smallest absolute Gasteiger partial charge is 0.130 e. The van der Waals surface area contributed by atoms with Gasteiger partial charge < -0.3 is 5.73 Å². The highest BCUT2D eigenvalue weighted by molar-refractivity contribution is 5.60. The molecule has 1 aromatic rings. The summed E-state index contributed by atoms with van der Waals surface area (Å²) in [5.74, 6) is -0.114. The molecule has 0 aromatic heterocycles. The van der Waals surface area contributed by atoms with Crippen molar-refractivity contribution in [2.75, 3.05) is 6.54 Å². The molecule has 0 aliphatic heterocycles. The Balaban J connectivity index is 2.37. The monoisotopic (exact) mass is 191 g/mol. The minimum atomic E-state index is -0.114. The van der Waals surface area contributed by atoms with E-state index < -0.39 is 0 Å². The number of rotatable bonds is 2. The fraction of sp³-hybridized carbons (Fsp3) is 0.333. The molecule has 2 heteroatoms. The first-order chi connectivity index (χ1) is 6.81. The number of hydrogen-bond donors (Lipinski definition) is 1. The summed E-state index contributed by atoms with van der Waals surface area (Å²) < 4.78 is 13.4. The van der Waals surface area contributed by atoms with Crippen molar-refractivity contribution in [2.24, 2.45) is 5.73 Å². The zero-order valence-electron chi connectivity index (χ0n) is 8.09. The SMILES string of the molecule is NCCC1=Cc2c(F)cccc2CC1. The first-order valence-electron chi connectivity index (χ1n) is 4.98. The Morgan fingerprint density at radius 2 is 2.14 bits per heavy atom. The third kappa shape index (κ3) is 1.70. The van der Waals surface area contributed by atoms with Crippen LogP contribution >= 0.6 is 0 Å². The van der Waals surface area contributed by atoms with E-state index >= 15 is 0 Å². The van der Waals surface area contributed by atoms with Gasteiger partial charge in [0, 0.05) is 5.56 Å². The van der Waals surface area contributed by atoms with Crippen LogP contribution in [-0.4, -0.2) is 6.54 Å². The minimum absolute atomic E-state index is 0.114. The van der Waals surface area contributed by atoms with Crippen molar-refractivity contribution in [3.8, 4) is 0 Å². The van der Waals surface area contributed by atoms with Gasteiger partial charge in [-0.2, -0.15) is 0 Å². The Kier molecular flexibility index (Phi) is 2.64. The van der Waals surface area contributed by atoms with Crippen molar-refractivity contribution in [3.05, 3.63) is 40.7 Å². The maximum absolute atomic E-state index is 13.4. The second-order valence-corrected chi connectivity index (χ2v) is 3.65. The lowest BCUT2D eigenvalue weighted by atomic mass is 9.90. The Bertz CT molecular complexity index is 369. The largest absolute Gasteiger partial charge is 0.330 e. The number of nitrogens with two attached hydrogens (primary N) is 1. The Morgan fingerprint density at radius 3 is 2.93 bits per heavy atom. The van der Waals surface area contributed by atoms with E-state index in [2.05, 4.69) is 0 Å². The third-order valence-corrected chi connectivity index (χ3v) is 2.67. The highest BCUT2D eigenvalue weighted by Gasteiger charge is 2.12. The van der Waals surface area contributed by atoms with Gasteiger partial charge in [0.15, 0.2) is 0 Å². The lowest BCUT2D eigenvalue weighted by molar-refractivity contribution is 0.620. The van der Waals surface area contributed by atoms with E-state index in [1.807, 2.05) is 12.1 Å². The zero-order valence-corrected chi connectivity index (χ0v) is 8.09. The van der Waals surface area contributed by atoms with Gasteiger partial charge in [0.05, 0.1) is 0 Å². The van der Waals surface area contributed by atoms with Crippen LogP contribution in [0.4, 0.5) is 4.39 Å². The van der Waals surface area contributed by atoms with Crippen LogP contribution in [0.1, 0.15) is 24.0 Å². The van der Waals surface area contributed by atoms with Crippen LogP contribution in [0.2, 0.25) is 0 Å². The first-order valence-corrected chi connectivity index (χ1v) is 4.98. The molecule has 74 valence electrons. The summed E-state index contributed by atoms with van der Waals surface area (Å²) in [5, 5.41) is 0. The summed E-state index contributed by atoms with van der Waals surface area (Å²) in [6.07, 6.45) is 4.81. The molecule has 1 aromatic carbocycles. The molecule has 1 aliphatic rings. The molecule has 0 radical (unpaired) electrons. The quantitative estimate of drug-likeness (QED) is 0.763. The highest BCUT2D eigenvalue weighted by atomic mass is 19.1. The van der Waals surface area contributed by atoms with E-state index in [0.717, 1.165) is 30.4 Å². The molecule has 14 heavy (non-hydrogen) atoms. The molecule has 2 N–H and O–H groups in total. The van der Waals surface area contributed by atoms with Crippen molar-refractivity contribution in [3.63, 3.8) is 0 Å². The second kappa shape index (κ2) is 3.93. The standard InChI is InChI=1S/C12H14FN/c13-12-3-1-2-10-5-4-9(6-7-14)8-11(10)12/h1-3,8H,4-7,14H2. The van der Waals surface area contributed by atoms with Crippen LogP contribution in [-0.2, 0) is 6.42 Å². The van der Waals surface area contributed by atoms with Gasteiger partial charge >= 0.3 is 0 Å². The average Bonchev–Trinajstić information content (AvgIpc) is 2.20. The lowest BCUT2D eigenvalue weighted by Crippen LogP contribution is -2.06. The van der Waals surface area contributed by atoms with Crippen molar-refractivity contribution in [1.29, 1.82) is 0 Å². The highest BCUT2D eigenvalue weighted by Crippen LogP contribution is 2.27. The van der Waals surface area contributed by atoms with Crippen LogP contribution < -0.4 is 5.73 Å². The topological polar surface area (TPSA) is 26.0 Å². The van der Waals surface area contributed by atoms with E-state index in [1.54, 1.807) is 6.07 Å². The molecule has 0 amide bonds. The maximum atomic E-state index is 13.4. The second-order valence-electron chi connectivity index (χ2n) is 3.65. The van der Waals surface area contributed by atoms with Gasteiger partial charge in [-0.05, 0) is 37.4 Å². The average molecular weight is 191 g/mol. The third-order valence-electron chi connectivity index (χ3n) is 2.67. The van der Waals surface area contributed by atoms with Gasteiger partial charge in [-0.25, -0.2) is 4.39 Å². The van der Waals surface area contributed by atoms with E-state index in [9.17, 15) is 4.39 Å². The van der Waals surface area contributed by atoms with Gasteiger partial charge in [0.1, 0.15) is 5.82 Å². The summed E-state index contributed by atoms with van der Waals surface area (Å²) in [5.41, 5.74) is 8.63. The van der Waals surface area contributed by atoms with Gasteiger partial charge in [-0.1, -0.05) is 23.8 Å². The van der Waals surface area contributed by atoms with E-state index in [1.165, 1.54) is 11.6 Å². The van der Waals surface area contributed by atoms with E-state index in [0.29, 0.717) is 6.54 Å². The molecule has 0 saturated carbocycles. The molecule has 0 atom stereocenters. The summed E-state index contributed by atoms with van der Waals surface area (Å²) in [6.45, 7) is 0.648. The van der Waals surface area contributed by atoms with E-state index in [-0.39, 0.29) is 5.82 Å². The molecule has 0 spiro atoms. The van der Waals surface area contributed by atoms with Gasteiger partial charge in [0.25, 0.3) is 0 Å². The Morgan fingerprint density at radius 1 is 1.29 bits per heavy atom. The van der Waals surface area contributed by atoms with Crippen LogP contribution in [0.25, 0.3) is 6.08 Å². The van der Waals surface area contributed by atoms with Crippen LogP contribution in [0.3, 0.4) is 0 Å². The van der Waals surface area contributed by atoms with Crippen LogP contribution in [0, 0.1) is 5.82 Å². The van der Waals surface area contributed by atoms with Crippen molar-refractivity contribution >= 4 is 6.08 Å². The fourth-order valence-corrected chi connectivity index (χ4v) is 1.92. The van der Waals surface area contributed by atoms with Crippen molar-refractivity contribution in [2.45, 2.75) is 19.3 Å². The number of aryl methyl sites for hydroxylation is 1. The maximum Gasteiger partial charge on any atom is 0.130 e. The molecule has 0 bridgehead atoms. The van der Waals surface area contributed by atoms with Crippen molar-refractivity contribution in [1.82, 2.24) is 0 Å². The van der Waals surface area contributed by atoms with E-state index in [4.69, 9.17) is 5.73 Å². The Labute approximate surface area is 83.4 Å². The Hall–Kier alpha value is -1.15. The minimum Gasteiger partial charge on any atom is -0.330 e. The normalized spacial score (nSPS) is 14.9. The number of benzene rings is 1. The van der Waals surface area contributed by atoms with Crippen LogP contribution in [0.15, 0.2) is 23.8 Å². The van der Waals surface area contributed by atoms with Crippen LogP contribution in [0.5, 0.6) is 0 Å². The summed E-state index contributed by atoms with van der Waals surface area (Å²) in [4.78, 5) is 0. The summed E-state index contributed by atoms with van der Waals surface area (Å²) in [7, 11) is 0. The first kappa shape index (κ1) is 9.41.